The van der Waals surface area contributed by atoms with Crippen LogP contribution < -0.4 is 5.32 Å². The summed E-state index contributed by atoms with van der Waals surface area (Å²) < 4.78 is 26.3. The lowest BCUT2D eigenvalue weighted by Gasteiger charge is -2.39. The molecule has 10 heteroatoms. The number of nitrogens with zero attached hydrogens (tertiary/aromatic N) is 2. The molecule has 2 rings (SSSR count). The summed E-state index contributed by atoms with van der Waals surface area (Å²) in [6, 6.07) is 0. The van der Waals surface area contributed by atoms with E-state index in [4.69, 9.17) is 5.11 Å². The second-order valence-corrected chi connectivity index (χ2v) is 7.00. The molecule has 0 atom stereocenters. The fraction of sp³-hybridized carbons (Fsp3) is 0.545. The van der Waals surface area contributed by atoms with Crippen LogP contribution in [0.2, 0.25) is 0 Å². The molecule has 0 aromatic carbocycles. The molecule has 0 radical (unpaired) electrons. The van der Waals surface area contributed by atoms with Crippen molar-refractivity contribution in [3.8, 4) is 0 Å². The van der Waals surface area contributed by atoms with Crippen molar-refractivity contribution in [1.29, 1.82) is 0 Å². The number of aromatic nitrogens is 2. The lowest BCUT2D eigenvalue weighted by Crippen LogP contribution is -2.63. The minimum Gasteiger partial charge on any atom is -0.478 e. The number of aromatic amines is 1. The Morgan fingerprint density at radius 1 is 1.43 bits per heavy atom. The average Bonchev–Trinajstić information content (AvgIpc) is 2.75. The van der Waals surface area contributed by atoms with E-state index in [9.17, 15) is 18.0 Å². The van der Waals surface area contributed by atoms with Crippen LogP contribution in [-0.4, -0.2) is 58.5 Å². The normalized spacial score (nSPS) is 19.3. The van der Waals surface area contributed by atoms with Gasteiger partial charge in [-0.25, -0.2) is 13.2 Å². The highest BCUT2D eigenvalue weighted by Gasteiger charge is 2.47. The third-order valence-corrected chi connectivity index (χ3v) is 5.45. The molecule has 0 bridgehead atoms. The predicted octanol–water partition coefficient (Wildman–Crippen LogP) is -0.685. The first-order valence-electron chi connectivity index (χ1n) is 6.19. The molecule has 3 N–H and O–H groups in total. The van der Waals surface area contributed by atoms with Crippen LogP contribution in [0.4, 0.5) is 0 Å². The lowest BCUT2D eigenvalue weighted by molar-refractivity contribution is -0.131. The second-order valence-electron chi connectivity index (χ2n) is 5.23. The lowest BCUT2D eigenvalue weighted by atomic mass is 10.0. The van der Waals surface area contributed by atoms with E-state index in [0.717, 1.165) is 4.31 Å². The number of hydrogen-bond donors (Lipinski definition) is 3. The van der Waals surface area contributed by atoms with E-state index >= 15 is 0 Å². The zero-order valence-corrected chi connectivity index (χ0v) is 12.6. The molecular formula is C11H16N4O5S. The minimum absolute atomic E-state index is 0.0477. The number of carboxylic acid groups (broad SMARTS) is 1. The van der Waals surface area contributed by atoms with Gasteiger partial charge in [-0.3, -0.25) is 9.89 Å². The first-order valence-corrected chi connectivity index (χ1v) is 7.63. The average molecular weight is 316 g/mol. The zero-order valence-electron chi connectivity index (χ0n) is 11.8. The number of H-pyrrole nitrogens is 1. The SMILES string of the molecule is Cc1[nH]nc(S(=O)(=O)N2CCNC(=O)C2(C)C)c1C(=O)O. The van der Waals surface area contributed by atoms with Crippen LogP contribution in [0, 0.1) is 6.92 Å². The number of piperazine rings is 1. The van der Waals surface area contributed by atoms with E-state index in [1.165, 1.54) is 20.8 Å². The van der Waals surface area contributed by atoms with Gasteiger partial charge in [0.15, 0.2) is 0 Å². The molecule has 1 fully saturated rings. The molecule has 21 heavy (non-hydrogen) atoms. The quantitative estimate of drug-likeness (QED) is 0.676. The van der Waals surface area contributed by atoms with Gasteiger partial charge in [0.2, 0.25) is 10.9 Å². The van der Waals surface area contributed by atoms with Gasteiger partial charge in [0, 0.05) is 18.8 Å². The predicted molar refractivity (Wildman–Crippen MR) is 71.3 cm³/mol. The highest BCUT2D eigenvalue weighted by Crippen LogP contribution is 2.28. The smallest absolute Gasteiger partial charge is 0.340 e. The van der Waals surface area contributed by atoms with Crippen molar-refractivity contribution in [2.75, 3.05) is 13.1 Å². The maximum absolute atomic E-state index is 12.7. The standard InChI is InChI=1S/C11H16N4O5S/c1-6-7(9(16)17)8(14-13-6)21(19,20)15-5-4-12-10(18)11(15,2)3/h4-5H2,1-3H3,(H,12,18)(H,13,14)(H,16,17). The van der Waals surface area contributed by atoms with Crippen LogP contribution in [-0.2, 0) is 14.8 Å². The molecule has 0 spiro atoms. The molecule has 1 aliphatic heterocycles. The van der Waals surface area contributed by atoms with Crippen LogP contribution >= 0.6 is 0 Å². The van der Waals surface area contributed by atoms with E-state index in [2.05, 4.69) is 15.5 Å². The molecule has 116 valence electrons. The monoisotopic (exact) mass is 316 g/mol. The number of hydrogen-bond acceptors (Lipinski definition) is 5. The van der Waals surface area contributed by atoms with Crippen molar-refractivity contribution in [3.05, 3.63) is 11.3 Å². The van der Waals surface area contributed by atoms with Crippen LogP contribution in [0.5, 0.6) is 0 Å². The summed E-state index contributed by atoms with van der Waals surface area (Å²) in [6.07, 6.45) is 0. The molecular weight excluding hydrogens is 300 g/mol. The van der Waals surface area contributed by atoms with Crippen LogP contribution in [0.1, 0.15) is 29.9 Å². The number of rotatable bonds is 3. The molecule has 1 amide bonds. The number of nitrogens with one attached hydrogen (secondary N) is 2. The second kappa shape index (κ2) is 4.81. The molecule has 1 aliphatic rings. The molecule has 0 aliphatic carbocycles. The summed E-state index contributed by atoms with van der Waals surface area (Å²) in [7, 11) is -4.21. The third-order valence-electron chi connectivity index (χ3n) is 3.44. The Balaban J connectivity index is 2.58. The Hall–Kier alpha value is -1.94. The summed E-state index contributed by atoms with van der Waals surface area (Å²) in [5.74, 6) is -1.83. The van der Waals surface area contributed by atoms with E-state index in [1.54, 1.807) is 0 Å². The number of aryl methyl sites for hydroxylation is 1. The number of carboxylic acids is 1. The van der Waals surface area contributed by atoms with Crippen molar-refractivity contribution in [3.63, 3.8) is 0 Å². The number of sulfonamides is 1. The Morgan fingerprint density at radius 3 is 2.62 bits per heavy atom. The molecule has 1 saturated heterocycles. The Morgan fingerprint density at radius 2 is 2.05 bits per heavy atom. The van der Waals surface area contributed by atoms with Gasteiger partial charge in [-0.15, -0.1) is 0 Å². The number of carbonyl (C=O) groups excluding carboxylic acids is 1. The summed E-state index contributed by atoms with van der Waals surface area (Å²) in [5.41, 5.74) is -1.59. The van der Waals surface area contributed by atoms with Crippen LogP contribution in [0.15, 0.2) is 5.03 Å². The first-order chi connectivity index (χ1) is 9.60. The fourth-order valence-electron chi connectivity index (χ4n) is 2.25. The summed E-state index contributed by atoms with van der Waals surface area (Å²) >= 11 is 0. The Labute approximate surface area is 121 Å². The van der Waals surface area contributed by atoms with Crippen LogP contribution in [0.25, 0.3) is 0 Å². The minimum atomic E-state index is -4.21. The summed E-state index contributed by atoms with van der Waals surface area (Å²) in [5, 5.41) is 17.1. The zero-order chi connectivity index (χ0) is 16.0. The molecule has 2 heterocycles. The van der Waals surface area contributed by atoms with Gasteiger partial charge >= 0.3 is 5.97 Å². The van der Waals surface area contributed by atoms with Crippen molar-refractivity contribution in [1.82, 2.24) is 19.8 Å². The van der Waals surface area contributed by atoms with Gasteiger partial charge in [0.25, 0.3) is 10.0 Å². The Kier molecular flexibility index (Phi) is 3.54. The van der Waals surface area contributed by atoms with Gasteiger partial charge in [-0.2, -0.15) is 9.40 Å². The third kappa shape index (κ3) is 2.29. The number of carbonyl (C=O) groups is 2. The van der Waals surface area contributed by atoms with Gasteiger partial charge in [-0.1, -0.05) is 0 Å². The van der Waals surface area contributed by atoms with E-state index in [1.807, 2.05) is 0 Å². The maximum Gasteiger partial charge on any atom is 0.340 e. The first kappa shape index (κ1) is 15.4. The van der Waals surface area contributed by atoms with E-state index < -0.39 is 38.0 Å². The number of aromatic carboxylic acids is 1. The molecule has 1 aromatic heterocycles. The highest BCUT2D eigenvalue weighted by atomic mass is 32.2. The topological polar surface area (TPSA) is 132 Å². The van der Waals surface area contributed by atoms with E-state index in [0.29, 0.717) is 0 Å². The highest BCUT2D eigenvalue weighted by molar-refractivity contribution is 7.89. The van der Waals surface area contributed by atoms with Crippen molar-refractivity contribution < 1.29 is 23.1 Å². The van der Waals surface area contributed by atoms with Crippen molar-refractivity contribution >= 4 is 21.9 Å². The summed E-state index contributed by atoms with van der Waals surface area (Å²) in [6.45, 7) is 4.54. The van der Waals surface area contributed by atoms with E-state index in [-0.39, 0.29) is 18.8 Å². The van der Waals surface area contributed by atoms with Gasteiger partial charge in [0.1, 0.15) is 11.1 Å². The fourth-order valence-corrected chi connectivity index (χ4v) is 4.13. The van der Waals surface area contributed by atoms with Gasteiger partial charge in [0.05, 0.1) is 0 Å². The molecule has 9 nitrogen and oxygen atoms in total. The van der Waals surface area contributed by atoms with Crippen LogP contribution in [0.3, 0.4) is 0 Å². The summed E-state index contributed by atoms with van der Waals surface area (Å²) in [4.78, 5) is 23.1. The van der Waals surface area contributed by atoms with Crippen molar-refractivity contribution in [2.24, 2.45) is 0 Å². The Bertz CT molecular complexity index is 706. The maximum atomic E-state index is 12.7. The van der Waals surface area contributed by atoms with Gasteiger partial charge in [-0.05, 0) is 20.8 Å². The van der Waals surface area contributed by atoms with Crippen molar-refractivity contribution in [2.45, 2.75) is 31.3 Å². The molecule has 0 unspecified atom stereocenters. The van der Waals surface area contributed by atoms with Gasteiger partial charge < -0.3 is 10.4 Å². The molecule has 0 saturated carbocycles. The number of amides is 1. The largest absolute Gasteiger partial charge is 0.478 e. The molecule has 1 aromatic rings.